The van der Waals surface area contributed by atoms with Gasteiger partial charge in [0, 0.05) is 52.4 Å². The molecule has 0 saturated carbocycles. The van der Waals surface area contributed by atoms with Gasteiger partial charge in [0.2, 0.25) is 0 Å². The Bertz CT molecular complexity index is 571. The van der Waals surface area contributed by atoms with Crippen molar-refractivity contribution in [1.29, 1.82) is 0 Å². The summed E-state index contributed by atoms with van der Waals surface area (Å²) in [5.41, 5.74) is 0. The fourth-order valence-electron chi connectivity index (χ4n) is 3.38. The van der Waals surface area contributed by atoms with Gasteiger partial charge in [0.25, 0.3) is 0 Å². The molecule has 7 heteroatoms. The van der Waals surface area contributed by atoms with Gasteiger partial charge in [-0.15, -0.1) is 0 Å². The van der Waals surface area contributed by atoms with Crippen LogP contribution in [0.4, 0.5) is 4.39 Å². The highest BCUT2D eigenvalue weighted by atomic mass is 19.1. The van der Waals surface area contributed by atoms with Crippen LogP contribution in [0.25, 0.3) is 0 Å². The molecule has 0 radical (unpaired) electrons. The molecule has 3 aliphatic rings. The van der Waals surface area contributed by atoms with E-state index in [4.69, 9.17) is 4.74 Å². The zero-order valence-corrected chi connectivity index (χ0v) is 15.0. The first kappa shape index (κ1) is 17.9. The van der Waals surface area contributed by atoms with Gasteiger partial charge in [-0.05, 0) is 31.2 Å². The summed E-state index contributed by atoms with van der Waals surface area (Å²) in [6.45, 7) is 9.35. The molecule has 2 N–H and O–H groups in total. The molecule has 1 aromatic carbocycles. The molecule has 6 nitrogen and oxygen atoms in total. The average molecular weight is 349 g/mol. The number of nitrogens with zero attached hydrogens (tertiary/aromatic N) is 3. The first-order valence-corrected chi connectivity index (χ1v) is 8.97. The van der Waals surface area contributed by atoms with Crippen molar-refractivity contribution in [2.45, 2.75) is 19.1 Å². The van der Waals surface area contributed by atoms with Gasteiger partial charge in [-0.25, -0.2) is 4.39 Å². The lowest BCUT2D eigenvalue weighted by Crippen LogP contribution is -2.64. The smallest absolute Gasteiger partial charge is 0.191 e. The van der Waals surface area contributed by atoms with Crippen LogP contribution in [0.2, 0.25) is 0 Å². The molecule has 3 aliphatic heterocycles. The Kier molecular flexibility index (Phi) is 6.09. The predicted molar refractivity (Wildman–Crippen MR) is 97.7 cm³/mol. The Balaban J connectivity index is 1.39. The third-order valence-corrected chi connectivity index (χ3v) is 4.83. The molecule has 4 rings (SSSR count). The van der Waals surface area contributed by atoms with Crippen LogP contribution in [0.1, 0.15) is 6.92 Å². The summed E-state index contributed by atoms with van der Waals surface area (Å²) in [4.78, 5) is 9.37. The van der Waals surface area contributed by atoms with Gasteiger partial charge in [-0.1, -0.05) is 0 Å². The van der Waals surface area contributed by atoms with E-state index in [1.807, 2.05) is 6.92 Å². The van der Waals surface area contributed by atoms with Crippen LogP contribution in [0.3, 0.4) is 0 Å². The fourth-order valence-corrected chi connectivity index (χ4v) is 3.38. The molecule has 1 aromatic rings. The molecular formula is C18H28FN5O. The molecule has 0 aromatic heterocycles. The number of hydrogen-bond acceptors (Lipinski definition) is 4. The van der Waals surface area contributed by atoms with E-state index in [1.54, 1.807) is 19.2 Å². The SMILES string of the molecule is CN=C(NCC(C)Oc1ccc(F)cc1)NCC1CN2CCN1CC2. The number of ether oxygens (including phenoxy) is 1. The molecule has 2 atom stereocenters. The van der Waals surface area contributed by atoms with Gasteiger partial charge >= 0.3 is 0 Å². The molecule has 2 unspecified atom stereocenters. The van der Waals surface area contributed by atoms with Crippen LogP contribution in [0.15, 0.2) is 29.3 Å². The van der Waals surface area contributed by atoms with Crippen molar-refractivity contribution in [2.24, 2.45) is 4.99 Å². The quantitative estimate of drug-likeness (QED) is 0.587. The number of fused-ring (bicyclic) bond motifs is 3. The second kappa shape index (κ2) is 8.49. The molecule has 3 heterocycles. The first-order chi connectivity index (χ1) is 12.1. The van der Waals surface area contributed by atoms with Crippen LogP contribution in [-0.2, 0) is 0 Å². The third-order valence-electron chi connectivity index (χ3n) is 4.83. The summed E-state index contributed by atoms with van der Waals surface area (Å²) in [5.74, 6) is 1.19. The Hall–Kier alpha value is -1.86. The topological polar surface area (TPSA) is 52.1 Å². The monoisotopic (exact) mass is 349 g/mol. The first-order valence-electron chi connectivity index (χ1n) is 8.97. The van der Waals surface area contributed by atoms with Crippen LogP contribution in [-0.4, -0.2) is 80.8 Å². The lowest BCUT2D eigenvalue weighted by atomic mass is 10.1. The lowest BCUT2D eigenvalue weighted by Gasteiger charge is -2.47. The zero-order chi connectivity index (χ0) is 17.6. The van der Waals surface area contributed by atoms with E-state index in [0.29, 0.717) is 18.3 Å². The van der Waals surface area contributed by atoms with Crippen molar-refractivity contribution in [3.05, 3.63) is 30.1 Å². The van der Waals surface area contributed by atoms with Crippen LogP contribution in [0.5, 0.6) is 5.75 Å². The van der Waals surface area contributed by atoms with Crippen LogP contribution in [0, 0.1) is 5.82 Å². The number of rotatable bonds is 6. The number of piperazine rings is 3. The van der Waals surface area contributed by atoms with Gasteiger partial charge < -0.3 is 15.4 Å². The largest absolute Gasteiger partial charge is 0.489 e. The highest BCUT2D eigenvalue weighted by molar-refractivity contribution is 5.79. The second-order valence-electron chi connectivity index (χ2n) is 6.71. The second-order valence-corrected chi connectivity index (χ2v) is 6.71. The van der Waals surface area contributed by atoms with Crippen molar-refractivity contribution < 1.29 is 9.13 Å². The van der Waals surface area contributed by atoms with Crippen molar-refractivity contribution in [2.75, 3.05) is 52.9 Å². The zero-order valence-electron chi connectivity index (χ0n) is 15.0. The molecule has 3 saturated heterocycles. The number of hydrogen-bond donors (Lipinski definition) is 2. The van der Waals surface area contributed by atoms with Crippen molar-refractivity contribution in [3.8, 4) is 5.75 Å². The van der Waals surface area contributed by atoms with E-state index >= 15 is 0 Å². The van der Waals surface area contributed by atoms with Gasteiger partial charge in [-0.2, -0.15) is 0 Å². The van der Waals surface area contributed by atoms with Crippen molar-refractivity contribution in [1.82, 2.24) is 20.4 Å². The molecule has 0 aliphatic carbocycles. The van der Waals surface area contributed by atoms with Crippen LogP contribution >= 0.6 is 0 Å². The Labute approximate surface area is 149 Å². The number of guanidine groups is 1. The highest BCUT2D eigenvalue weighted by Gasteiger charge is 2.31. The van der Waals surface area contributed by atoms with Crippen LogP contribution < -0.4 is 15.4 Å². The Morgan fingerprint density at radius 3 is 2.56 bits per heavy atom. The maximum Gasteiger partial charge on any atom is 0.191 e. The predicted octanol–water partition coefficient (Wildman–Crippen LogP) is 0.758. The fraction of sp³-hybridized carbons (Fsp3) is 0.611. The number of nitrogens with one attached hydrogen (secondary N) is 2. The summed E-state index contributed by atoms with van der Waals surface area (Å²) in [6.07, 6.45) is -0.0513. The standard InChI is InChI=1S/C18H28FN5O/c1-14(25-17-5-3-15(19)4-6-17)11-21-18(20-2)22-12-16-13-23-7-9-24(16)10-8-23/h3-6,14,16H,7-13H2,1-2H3,(H2,20,21,22). The number of halogens is 1. The summed E-state index contributed by atoms with van der Waals surface area (Å²) in [6, 6.07) is 6.63. The third kappa shape index (κ3) is 5.06. The molecule has 3 fully saturated rings. The average Bonchev–Trinajstić information content (AvgIpc) is 2.65. The van der Waals surface area contributed by atoms with E-state index in [0.717, 1.165) is 19.0 Å². The minimum atomic E-state index is -0.258. The Morgan fingerprint density at radius 1 is 1.24 bits per heavy atom. The van der Waals surface area contributed by atoms with Crippen molar-refractivity contribution in [3.63, 3.8) is 0 Å². The number of aliphatic imine (C=N–C) groups is 1. The van der Waals surface area contributed by atoms with E-state index in [9.17, 15) is 4.39 Å². The maximum atomic E-state index is 12.9. The Morgan fingerprint density at radius 2 is 1.96 bits per heavy atom. The molecule has 138 valence electrons. The minimum absolute atomic E-state index is 0.0513. The summed E-state index contributed by atoms with van der Waals surface area (Å²) >= 11 is 0. The maximum absolute atomic E-state index is 12.9. The summed E-state index contributed by atoms with van der Waals surface area (Å²) in [5, 5.41) is 6.71. The van der Waals surface area contributed by atoms with Gasteiger partial charge in [-0.3, -0.25) is 14.8 Å². The molecule has 0 amide bonds. The molecular weight excluding hydrogens is 321 g/mol. The minimum Gasteiger partial charge on any atom is -0.489 e. The summed E-state index contributed by atoms with van der Waals surface area (Å²) in [7, 11) is 1.78. The molecule has 0 spiro atoms. The van der Waals surface area contributed by atoms with E-state index in [1.165, 1.54) is 38.3 Å². The molecule has 25 heavy (non-hydrogen) atoms. The van der Waals surface area contributed by atoms with Gasteiger partial charge in [0.05, 0.1) is 6.54 Å². The van der Waals surface area contributed by atoms with Gasteiger partial charge in [0.15, 0.2) is 5.96 Å². The van der Waals surface area contributed by atoms with E-state index < -0.39 is 0 Å². The highest BCUT2D eigenvalue weighted by Crippen LogP contribution is 2.15. The summed E-state index contributed by atoms with van der Waals surface area (Å²) < 4.78 is 18.7. The number of benzene rings is 1. The van der Waals surface area contributed by atoms with Crippen molar-refractivity contribution >= 4 is 5.96 Å². The normalized spacial score (nSPS) is 27.0. The van der Waals surface area contributed by atoms with E-state index in [-0.39, 0.29) is 11.9 Å². The van der Waals surface area contributed by atoms with Gasteiger partial charge in [0.1, 0.15) is 17.7 Å². The lowest BCUT2D eigenvalue weighted by molar-refractivity contribution is 0.0154. The van der Waals surface area contributed by atoms with E-state index in [2.05, 4.69) is 25.4 Å². The molecule has 2 bridgehead atoms.